The standard InChI is InChI=1S/C15H20BrN3O3S/c1-4-10-5-6-12(11(16)7-10)22-8-13(20)18-19-15(23)17-14(21)9(2)3/h5-7,9H,4,8H2,1-3H3,(H,18,20)(H2,17,19,21,23). The lowest BCUT2D eigenvalue weighted by molar-refractivity contribution is -0.124. The van der Waals surface area contributed by atoms with E-state index in [-0.39, 0.29) is 23.5 Å². The molecule has 1 aromatic carbocycles. The van der Waals surface area contributed by atoms with E-state index in [0.717, 1.165) is 10.9 Å². The van der Waals surface area contributed by atoms with Crippen LogP contribution in [0.25, 0.3) is 0 Å². The molecular weight excluding hydrogens is 382 g/mol. The number of amides is 2. The Morgan fingerprint density at radius 2 is 2.00 bits per heavy atom. The van der Waals surface area contributed by atoms with E-state index in [4.69, 9.17) is 17.0 Å². The fourth-order valence-electron chi connectivity index (χ4n) is 1.47. The zero-order chi connectivity index (χ0) is 17.4. The predicted octanol–water partition coefficient (Wildman–Crippen LogP) is 2.07. The monoisotopic (exact) mass is 401 g/mol. The summed E-state index contributed by atoms with van der Waals surface area (Å²) in [6.45, 7) is 5.36. The molecule has 6 nitrogen and oxygen atoms in total. The maximum Gasteiger partial charge on any atom is 0.276 e. The van der Waals surface area contributed by atoms with Gasteiger partial charge in [0.25, 0.3) is 5.91 Å². The molecule has 0 atom stereocenters. The lowest BCUT2D eigenvalue weighted by Crippen LogP contribution is -2.50. The topological polar surface area (TPSA) is 79.5 Å². The molecule has 0 bridgehead atoms. The van der Waals surface area contributed by atoms with E-state index in [1.807, 2.05) is 12.1 Å². The van der Waals surface area contributed by atoms with E-state index >= 15 is 0 Å². The SMILES string of the molecule is CCc1ccc(OCC(=O)NNC(=S)NC(=O)C(C)C)c(Br)c1. The maximum absolute atomic E-state index is 11.7. The highest BCUT2D eigenvalue weighted by molar-refractivity contribution is 9.10. The van der Waals surface area contributed by atoms with Gasteiger partial charge in [0, 0.05) is 5.92 Å². The van der Waals surface area contributed by atoms with Gasteiger partial charge in [0.05, 0.1) is 4.47 Å². The van der Waals surface area contributed by atoms with Crippen molar-refractivity contribution in [2.24, 2.45) is 5.92 Å². The summed E-state index contributed by atoms with van der Waals surface area (Å²) in [6.07, 6.45) is 0.919. The molecule has 0 aliphatic heterocycles. The summed E-state index contributed by atoms with van der Waals surface area (Å²) in [6, 6.07) is 5.69. The quantitative estimate of drug-likeness (QED) is 0.519. The van der Waals surface area contributed by atoms with E-state index in [1.54, 1.807) is 19.9 Å². The third kappa shape index (κ3) is 6.96. The number of benzene rings is 1. The largest absolute Gasteiger partial charge is 0.483 e. The number of hydrogen-bond donors (Lipinski definition) is 3. The molecule has 0 unspecified atom stereocenters. The van der Waals surface area contributed by atoms with E-state index in [0.29, 0.717) is 5.75 Å². The van der Waals surface area contributed by atoms with Crippen molar-refractivity contribution in [1.29, 1.82) is 0 Å². The molecule has 1 aromatic rings. The van der Waals surface area contributed by atoms with Crippen LogP contribution in [0.5, 0.6) is 5.75 Å². The van der Waals surface area contributed by atoms with Crippen LogP contribution in [0.15, 0.2) is 22.7 Å². The van der Waals surface area contributed by atoms with Gasteiger partial charge in [0.2, 0.25) is 5.91 Å². The molecule has 0 saturated heterocycles. The zero-order valence-corrected chi connectivity index (χ0v) is 15.6. The number of carbonyl (C=O) groups is 2. The number of hydrogen-bond acceptors (Lipinski definition) is 4. The summed E-state index contributed by atoms with van der Waals surface area (Å²) in [5.74, 6) is -0.268. The van der Waals surface area contributed by atoms with Gasteiger partial charge < -0.3 is 10.1 Å². The van der Waals surface area contributed by atoms with Crippen LogP contribution in [0.4, 0.5) is 0 Å². The highest BCUT2D eigenvalue weighted by Gasteiger charge is 2.10. The number of ether oxygens (including phenoxy) is 1. The average molecular weight is 402 g/mol. The fraction of sp³-hybridized carbons (Fsp3) is 0.400. The molecule has 3 N–H and O–H groups in total. The maximum atomic E-state index is 11.7. The van der Waals surface area contributed by atoms with Gasteiger partial charge in [-0.25, -0.2) is 0 Å². The Balaban J connectivity index is 2.37. The van der Waals surface area contributed by atoms with E-state index in [9.17, 15) is 9.59 Å². The summed E-state index contributed by atoms with van der Waals surface area (Å²) in [5, 5.41) is 2.48. The van der Waals surface area contributed by atoms with Crippen LogP contribution in [0.1, 0.15) is 26.3 Å². The van der Waals surface area contributed by atoms with Crippen molar-refractivity contribution in [1.82, 2.24) is 16.2 Å². The second kappa shape index (κ2) is 9.46. The molecule has 2 amide bonds. The number of hydrazine groups is 1. The summed E-state index contributed by atoms with van der Waals surface area (Å²) in [4.78, 5) is 23.1. The number of aryl methyl sites for hydroxylation is 1. The van der Waals surface area contributed by atoms with Gasteiger partial charge >= 0.3 is 0 Å². The number of nitrogens with one attached hydrogen (secondary N) is 3. The van der Waals surface area contributed by atoms with Gasteiger partial charge in [-0.1, -0.05) is 26.8 Å². The predicted molar refractivity (Wildman–Crippen MR) is 95.9 cm³/mol. The molecule has 0 saturated carbocycles. The molecule has 0 aliphatic carbocycles. The lowest BCUT2D eigenvalue weighted by Gasteiger charge is -2.13. The fourth-order valence-corrected chi connectivity index (χ4v) is 2.17. The molecule has 0 fully saturated rings. The van der Waals surface area contributed by atoms with Gasteiger partial charge in [0.15, 0.2) is 11.7 Å². The normalized spacial score (nSPS) is 10.1. The minimum atomic E-state index is -0.419. The van der Waals surface area contributed by atoms with Crippen LogP contribution in [0, 0.1) is 5.92 Å². The summed E-state index contributed by atoms with van der Waals surface area (Å²) in [7, 11) is 0. The van der Waals surface area contributed by atoms with Crippen LogP contribution in [0.3, 0.4) is 0 Å². The molecule has 0 spiro atoms. The van der Waals surface area contributed by atoms with E-state index in [2.05, 4.69) is 39.0 Å². The Morgan fingerprint density at radius 1 is 1.30 bits per heavy atom. The van der Waals surface area contributed by atoms with Crippen LogP contribution in [0.2, 0.25) is 0 Å². The van der Waals surface area contributed by atoms with Gasteiger partial charge in [-0.2, -0.15) is 0 Å². The van der Waals surface area contributed by atoms with Crippen molar-refractivity contribution in [2.75, 3.05) is 6.61 Å². The van der Waals surface area contributed by atoms with Gasteiger partial charge in [-0.15, -0.1) is 0 Å². The second-order valence-corrected chi connectivity index (χ2v) is 6.32. The Morgan fingerprint density at radius 3 is 2.57 bits per heavy atom. The van der Waals surface area contributed by atoms with Crippen molar-refractivity contribution >= 4 is 45.1 Å². The first-order chi connectivity index (χ1) is 10.8. The Bertz CT molecular complexity index is 593. The molecule has 126 valence electrons. The minimum absolute atomic E-state index is 0.0329. The summed E-state index contributed by atoms with van der Waals surface area (Å²) < 4.78 is 6.21. The Labute approximate surface area is 149 Å². The summed E-state index contributed by atoms with van der Waals surface area (Å²) in [5.41, 5.74) is 5.97. The smallest absolute Gasteiger partial charge is 0.276 e. The summed E-state index contributed by atoms with van der Waals surface area (Å²) >= 11 is 8.29. The molecule has 0 aliphatic rings. The lowest BCUT2D eigenvalue weighted by atomic mass is 10.2. The molecule has 23 heavy (non-hydrogen) atoms. The first-order valence-electron chi connectivity index (χ1n) is 7.14. The average Bonchev–Trinajstić information content (AvgIpc) is 2.51. The van der Waals surface area contributed by atoms with Crippen LogP contribution >= 0.6 is 28.1 Å². The Hall–Kier alpha value is -1.67. The van der Waals surface area contributed by atoms with Crippen molar-refractivity contribution in [3.63, 3.8) is 0 Å². The first kappa shape index (κ1) is 19.4. The third-order valence-corrected chi connectivity index (χ3v) is 3.66. The van der Waals surface area contributed by atoms with Crippen molar-refractivity contribution in [3.8, 4) is 5.75 Å². The molecule has 0 radical (unpaired) electrons. The van der Waals surface area contributed by atoms with Crippen LogP contribution in [-0.2, 0) is 16.0 Å². The third-order valence-electron chi connectivity index (χ3n) is 2.84. The van der Waals surface area contributed by atoms with E-state index in [1.165, 1.54) is 5.56 Å². The van der Waals surface area contributed by atoms with Crippen molar-refractivity contribution < 1.29 is 14.3 Å². The Kier molecular flexibility index (Phi) is 7.97. The van der Waals surface area contributed by atoms with Gasteiger partial charge in [0.1, 0.15) is 5.75 Å². The second-order valence-electron chi connectivity index (χ2n) is 5.05. The van der Waals surface area contributed by atoms with Crippen molar-refractivity contribution in [3.05, 3.63) is 28.2 Å². The first-order valence-corrected chi connectivity index (χ1v) is 8.34. The molecule has 0 heterocycles. The molecule has 8 heteroatoms. The highest BCUT2D eigenvalue weighted by Crippen LogP contribution is 2.26. The molecule has 1 rings (SSSR count). The van der Waals surface area contributed by atoms with Crippen molar-refractivity contribution in [2.45, 2.75) is 27.2 Å². The molecular formula is C15H20BrN3O3S. The van der Waals surface area contributed by atoms with E-state index < -0.39 is 5.91 Å². The number of carbonyl (C=O) groups excluding carboxylic acids is 2. The van der Waals surface area contributed by atoms with Gasteiger partial charge in [-0.05, 0) is 52.3 Å². The number of halogens is 1. The van der Waals surface area contributed by atoms with Gasteiger partial charge in [-0.3, -0.25) is 20.4 Å². The molecule has 0 aromatic heterocycles. The number of thiocarbonyl (C=S) groups is 1. The highest BCUT2D eigenvalue weighted by atomic mass is 79.9. The van der Waals surface area contributed by atoms with Crippen LogP contribution in [-0.4, -0.2) is 23.5 Å². The number of rotatable bonds is 5. The minimum Gasteiger partial charge on any atom is -0.483 e. The van der Waals surface area contributed by atoms with Crippen LogP contribution < -0.4 is 20.9 Å². The zero-order valence-electron chi connectivity index (χ0n) is 13.2.